The third-order valence-electron chi connectivity index (χ3n) is 4.14. The number of alkyl carbamates (subject to hydrolysis) is 1. The monoisotopic (exact) mass is 405 g/mol. The van der Waals surface area contributed by atoms with E-state index in [0.717, 1.165) is 70.6 Å². The Morgan fingerprint density at radius 3 is 2.22 bits per heavy atom. The van der Waals surface area contributed by atoms with Gasteiger partial charge in [-0.2, -0.15) is 4.20 Å². The zero-order valence-corrected chi connectivity index (χ0v) is 17.7. The molecule has 158 valence electrons. The van der Waals surface area contributed by atoms with E-state index in [-0.39, 0.29) is 18.9 Å². The van der Waals surface area contributed by atoms with E-state index in [0.29, 0.717) is 19.6 Å². The molecule has 0 aliphatic heterocycles. The first-order chi connectivity index (χ1) is 13.0. The molecule has 0 radical (unpaired) electrons. The number of ether oxygens (including phenoxy) is 1. The lowest BCUT2D eigenvalue weighted by molar-refractivity contribution is 0.143. The molecule has 0 saturated carbocycles. The molecule has 0 aromatic carbocycles. The van der Waals surface area contributed by atoms with Crippen LogP contribution in [0.4, 0.5) is 8.99 Å². The molecule has 27 heavy (non-hydrogen) atoms. The third-order valence-corrected chi connectivity index (χ3v) is 5.64. The van der Waals surface area contributed by atoms with Gasteiger partial charge in [0.25, 0.3) is 0 Å². The summed E-state index contributed by atoms with van der Waals surface area (Å²) in [5.74, 6) is 2.60. The smallest absolute Gasteiger partial charge is 0.407 e. The summed E-state index contributed by atoms with van der Waals surface area (Å²) in [6.07, 6.45) is 16.3. The Labute approximate surface area is 164 Å². The van der Waals surface area contributed by atoms with Crippen molar-refractivity contribution in [1.29, 1.82) is 0 Å². The van der Waals surface area contributed by atoms with Crippen LogP contribution in [0.1, 0.15) is 84.0 Å². The van der Waals surface area contributed by atoms with E-state index in [4.69, 9.17) is 11.2 Å². The van der Waals surface area contributed by atoms with Crippen molar-refractivity contribution in [1.82, 2.24) is 5.32 Å². The maximum atomic E-state index is 13.3. The molecule has 0 rings (SSSR count). The molecule has 0 aliphatic rings. The molecule has 1 N–H and O–H groups in total. The Hall–Kier alpha value is -1.05. The Morgan fingerprint density at radius 1 is 1.00 bits per heavy atom. The van der Waals surface area contributed by atoms with Crippen LogP contribution in [0, 0.1) is 12.3 Å². The minimum absolute atomic E-state index is 0.0329. The number of nitrogens with one attached hydrogen (secondary N) is 1. The average Bonchev–Trinajstić information content (AvgIpc) is 2.62. The van der Waals surface area contributed by atoms with Crippen molar-refractivity contribution in [3.05, 3.63) is 0 Å². The second kappa shape index (κ2) is 18.3. The lowest BCUT2D eigenvalue weighted by Crippen LogP contribution is -2.25. The highest BCUT2D eigenvalue weighted by atomic mass is 31.2. The molecule has 0 bridgehead atoms. The van der Waals surface area contributed by atoms with Crippen molar-refractivity contribution in [2.75, 3.05) is 25.9 Å². The number of carbonyl (C=O) groups excluding carboxylic acids is 1. The summed E-state index contributed by atoms with van der Waals surface area (Å²) >= 11 is 0. The van der Waals surface area contributed by atoms with E-state index in [1.165, 1.54) is 0 Å². The fourth-order valence-electron chi connectivity index (χ4n) is 2.66. The van der Waals surface area contributed by atoms with Crippen molar-refractivity contribution in [2.45, 2.75) is 84.0 Å². The fourth-order valence-corrected chi connectivity index (χ4v) is 3.77. The molecular formula is C20H37FNO4P. The van der Waals surface area contributed by atoms with Crippen LogP contribution in [0.5, 0.6) is 0 Å². The van der Waals surface area contributed by atoms with Crippen LogP contribution in [-0.4, -0.2) is 32.0 Å². The minimum atomic E-state index is -3.84. The van der Waals surface area contributed by atoms with E-state index in [9.17, 15) is 13.6 Å². The van der Waals surface area contributed by atoms with Gasteiger partial charge in [0.15, 0.2) is 0 Å². The van der Waals surface area contributed by atoms with Gasteiger partial charge in [0.05, 0.1) is 19.4 Å². The van der Waals surface area contributed by atoms with Gasteiger partial charge in [-0.15, -0.1) is 12.3 Å². The van der Waals surface area contributed by atoms with Gasteiger partial charge in [-0.25, -0.2) is 4.79 Å². The number of amides is 1. The summed E-state index contributed by atoms with van der Waals surface area (Å²) in [6, 6.07) is 0. The van der Waals surface area contributed by atoms with Gasteiger partial charge < -0.3 is 14.6 Å². The van der Waals surface area contributed by atoms with Crippen LogP contribution >= 0.6 is 7.68 Å². The van der Waals surface area contributed by atoms with E-state index in [1.54, 1.807) is 6.92 Å². The quantitative estimate of drug-likeness (QED) is 0.167. The normalized spacial score (nSPS) is 12.9. The SMILES string of the molecule is C#CCCCCCNC(=O)OCCCCCCCCCCP(=O)(F)OCC. The lowest BCUT2D eigenvalue weighted by Gasteiger charge is -2.08. The molecule has 1 atom stereocenters. The number of unbranched alkanes of at least 4 members (excludes halogenated alkanes) is 10. The predicted octanol–water partition coefficient (Wildman–Crippen LogP) is 6.23. The number of carbonyl (C=O) groups is 1. The van der Waals surface area contributed by atoms with E-state index >= 15 is 0 Å². The van der Waals surface area contributed by atoms with Gasteiger partial charge in [0, 0.05) is 13.0 Å². The largest absolute Gasteiger partial charge is 0.450 e. The highest BCUT2D eigenvalue weighted by Crippen LogP contribution is 2.49. The summed E-state index contributed by atoms with van der Waals surface area (Å²) < 4.78 is 34.3. The second-order valence-electron chi connectivity index (χ2n) is 6.64. The highest BCUT2D eigenvalue weighted by molar-refractivity contribution is 7.53. The molecule has 5 nitrogen and oxygen atoms in total. The molecule has 0 aliphatic carbocycles. The predicted molar refractivity (Wildman–Crippen MR) is 109 cm³/mol. The van der Waals surface area contributed by atoms with Crippen molar-refractivity contribution < 1.29 is 22.8 Å². The Morgan fingerprint density at radius 2 is 1.59 bits per heavy atom. The van der Waals surface area contributed by atoms with Gasteiger partial charge in [-0.3, -0.25) is 4.57 Å². The summed E-state index contributed by atoms with van der Waals surface area (Å²) in [5, 5.41) is 2.74. The summed E-state index contributed by atoms with van der Waals surface area (Å²) in [4.78, 5) is 11.5. The summed E-state index contributed by atoms with van der Waals surface area (Å²) in [6.45, 7) is 2.89. The summed E-state index contributed by atoms with van der Waals surface area (Å²) in [7, 11) is -3.84. The standard InChI is InChI=1S/C20H37FNO4P/c1-3-5-6-11-14-17-22-20(23)25-18-15-12-9-7-8-10-13-16-19-27(21,24)26-4-2/h1H,4-19H2,2H3,(H,22,23). The Bertz CT molecular complexity index is 454. The molecular weight excluding hydrogens is 368 g/mol. The van der Waals surface area contributed by atoms with Gasteiger partial charge in [-0.05, 0) is 32.6 Å². The van der Waals surface area contributed by atoms with Crippen molar-refractivity contribution in [2.24, 2.45) is 0 Å². The van der Waals surface area contributed by atoms with Gasteiger partial charge in [-0.1, -0.05) is 44.9 Å². The first kappa shape index (κ1) is 26.0. The molecule has 0 heterocycles. The van der Waals surface area contributed by atoms with E-state index in [2.05, 4.69) is 15.8 Å². The Kier molecular flexibility index (Phi) is 17.6. The van der Waals surface area contributed by atoms with Crippen molar-refractivity contribution >= 4 is 13.8 Å². The molecule has 1 amide bonds. The molecule has 0 spiro atoms. The van der Waals surface area contributed by atoms with E-state index < -0.39 is 7.68 Å². The Balaban J connectivity index is 3.27. The van der Waals surface area contributed by atoms with Crippen LogP contribution in [0.3, 0.4) is 0 Å². The number of rotatable bonds is 18. The van der Waals surface area contributed by atoms with Crippen LogP contribution < -0.4 is 5.32 Å². The van der Waals surface area contributed by atoms with Gasteiger partial charge >= 0.3 is 13.8 Å². The summed E-state index contributed by atoms with van der Waals surface area (Å²) in [5.41, 5.74) is 0. The number of hydrogen-bond acceptors (Lipinski definition) is 4. The van der Waals surface area contributed by atoms with Crippen LogP contribution in [0.2, 0.25) is 0 Å². The maximum Gasteiger partial charge on any atom is 0.407 e. The fraction of sp³-hybridized carbons (Fsp3) is 0.850. The molecule has 0 aromatic heterocycles. The molecule has 0 aromatic rings. The lowest BCUT2D eigenvalue weighted by atomic mass is 10.1. The zero-order valence-electron chi connectivity index (χ0n) is 16.8. The van der Waals surface area contributed by atoms with E-state index in [1.807, 2.05) is 0 Å². The molecule has 0 saturated heterocycles. The van der Waals surface area contributed by atoms with Gasteiger partial charge in [0.2, 0.25) is 0 Å². The number of terminal acetylenes is 1. The van der Waals surface area contributed by atoms with Crippen LogP contribution in [-0.2, 0) is 13.8 Å². The van der Waals surface area contributed by atoms with Crippen molar-refractivity contribution in [3.63, 3.8) is 0 Å². The first-order valence-electron chi connectivity index (χ1n) is 10.3. The molecule has 7 heteroatoms. The molecule has 0 fully saturated rings. The number of halogens is 1. The third kappa shape index (κ3) is 19.5. The van der Waals surface area contributed by atoms with Gasteiger partial charge in [0.1, 0.15) is 0 Å². The second-order valence-corrected chi connectivity index (χ2v) is 8.52. The average molecular weight is 405 g/mol. The first-order valence-corrected chi connectivity index (χ1v) is 12.0. The number of hydrogen-bond donors (Lipinski definition) is 1. The maximum absolute atomic E-state index is 13.3. The highest BCUT2D eigenvalue weighted by Gasteiger charge is 2.19. The van der Waals surface area contributed by atoms with Crippen LogP contribution in [0.15, 0.2) is 0 Å². The zero-order chi connectivity index (χ0) is 20.2. The molecule has 1 unspecified atom stereocenters. The van der Waals surface area contributed by atoms with Crippen LogP contribution in [0.25, 0.3) is 0 Å². The minimum Gasteiger partial charge on any atom is -0.450 e. The van der Waals surface area contributed by atoms with Crippen molar-refractivity contribution in [3.8, 4) is 12.3 Å². The topological polar surface area (TPSA) is 64.6 Å².